The first-order valence-electron chi connectivity index (χ1n) is 7.54. The molecule has 1 unspecified atom stereocenters. The van der Waals surface area contributed by atoms with E-state index in [1.165, 1.54) is 6.07 Å². The van der Waals surface area contributed by atoms with Gasteiger partial charge < -0.3 is 5.32 Å². The minimum absolute atomic E-state index is 0.144. The Morgan fingerprint density at radius 1 is 1.22 bits per heavy atom. The van der Waals surface area contributed by atoms with Crippen LogP contribution in [0.4, 0.5) is 10.2 Å². The van der Waals surface area contributed by atoms with E-state index in [2.05, 4.69) is 22.4 Å². The van der Waals surface area contributed by atoms with Crippen molar-refractivity contribution in [2.45, 2.75) is 25.8 Å². The van der Waals surface area contributed by atoms with Crippen molar-refractivity contribution in [2.75, 3.05) is 5.32 Å². The second kappa shape index (κ2) is 6.92. The molecule has 3 rings (SSSR count). The molecule has 3 nitrogen and oxygen atoms in total. The summed E-state index contributed by atoms with van der Waals surface area (Å²) < 4.78 is 13.7. The van der Waals surface area contributed by atoms with E-state index in [4.69, 9.17) is 11.6 Å². The highest BCUT2D eigenvalue weighted by atomic mass is 35.5. The first kappa shape index (κ1) is 15.7. The van der Waals surface area contributed by atoms with Gasteiger partial charge in [0.1, 0.15) is 5.82 Å². The quantitative estimate of drug-likeness (QED) is 0.726. The highest BCUT2D eigenvalue weighted by Gasteiger charge is 2.09. The van der Waals surface area contributed by atoms with Gasteiger partial charge in [0.05, 0.1) is 6.20 Å². The zero-order valence-electron chi connectivity index (χ0n) is 12.8. The third kappa shape index (κ3) is 3.77. The number of hydrogen-bond donors (Lipinski definition) is 1. The SMILES string of the molecule is CC(CCc1ccccc1F)Nc1nncc2cc(Cl)ccc12. The number of rotatable bonds is 5. The van der Waals surface area contributed by atoms with Crippen molar-refractivity contribution in [1.82, 2.24) is 10.2 Å². The number of anilines is 1. The second-order valence-corrected chi connectivity index (χ2v) is 6.04. The lowest BCUT2D eigenvalue weighted by Crippen LogP contribution is -2.17. The maximum atomic E-state index is 13.7. The molecule has 1 atom stereocenters. The van der Waals surface area contributed by atoms with E-state index in [1.807, 2.05) is 30.3 Å². The van der Waals surface area contributed by atoms with Gasteiger partial charge in [-0.1, -0.05) is 29.8 Å². The summed E-state index contributed by atoms with van der Waals surface area (Å²) in [6, 6.07) is 12.6. The lowest BCUT2D eigenvalue weighted by Gasteiger charge is -2.15. The molecule has 1 aromatic heterocycles. The Labute approximate surface area is 139 Å². The van der Waals surface area contributed by atoms with Crippen LogP contribution in [0.25, 0.3) is 10.8 Å². The molecule has 0 radical (unpaired) electrons. The van der Waals surface area contributed by atoms with Crippen molar-refractivity contribution in [2.24, 2.45) is 0 Å². The molecule has 118 valence electrons. The van der Waals surface area contributed by atoms with E-state index < -0.39 is 0 Å². The minimum atomic E-state index is -0.153. The number of nitrogens with one attached hydrogen (secondary N) is 1. The maximum absolute atomic E-state index is 13.7. The van der Waals surface area contributed by atoms with Crippen molar-refractivity contribution >= 4 is 28.2 Å². The summed E-state index contributed by atoms with van der Waals surface area (Å²) in [5, 5.41) is 14.1. The molecule has 0 bridgehead atoms. The number of aryl methyl sites for hydroxylation is 1. The largest absolute Gasteiger partial charge is 0.366 e. The van der Waals surface area contributed by atoms with Gasteiger partial charge in [0, 0.05) is 21.8 Å². The molecule has 0 spiro atoms. The molecular formula is C18H17ClFN3. The van der Waals surface area contributed by atoms with Gasteiger partial charge in [-0.15, -0.1) is 5.10 Å². The third-order valence-corrected chi connectivity index (χ3v) is 4.05. The van der Waals surface area contributed by atoms with Gasteiger partial charge in [0.15, 0.2) is 5.82 Å². The maximum Gasteiger partial charge on any atom is 0.156 e. The molecule has 1 heterocycles. The smallest absolute Gasteiger partial charge is 0.156 e. The molecule has 0 fully saturated rings. The van der Waals surface area contributed by atoms with Crippen molar-refractivity contribution in [3.05, 3.63) is 65.1 Å². The van der Waals surface area contributed by atoms with Gasteiger partial charge in [-0.25, -0.2) is 4.39 Å². The molecule has 0 saturated heterocycles. The van der Waals surface area contributed by atoms with Gasteiger partial charge in [-0.3, -0.25) is 0 Å². The van der Waals surface area contributed by atoms with E-state index in [-0.39, 0.29) is 11.9 Å². The van der Waals surface area contributed by atoms with E-state index in [9.17, 15) is 4.39 Å². The van der Waals surface area contributed by atoms with Crippen LogP contribution in [-0.2, 0) is 6.42 Å². The summed E-state index contributed by atoms with van der Waals surface area (Å²) >= 11 is 6.01. The molecule has 23 heavy (non-hydrogen) atoms. The first-order valence-corrected chi connectivity index (χ1v) is 7.92. The summed E-state index contributed by atoms with van der Waals surface area (Å²) in [6.45, 7) is 2.05. The Kier molecular flexibility index (Phi) is 4.72. The van der Waals surface area contributed by atoms with Crippen LogP contribution in [-0.4, -0.2) is 16.2 Å². The Morgan fingerprint density at radius 3 is 2.87 bits per heavy atom. The van der Waals surface area contributed by atoms with Crippen LogP contribution in [0, 0.1) is 5.82 Å². The summed E-state index contributed by atoms with van der Waals surface area (Å²) in [7, 11) is 0. The van der Waals surface area contributed by atoms with Gasteiger partial charge in [-0.05, 0) is 49.6 Å². The highest BCUT2D eigenvalue weighted by Crippen LogP contribution is 2.24. The predicted octanol–water partition coefficient (Wildman–Crippen LogP) is 4.86. The molecule has 0 aliphatic heterocycles. The van der Waals surface area contributed by atoms with Gasteiger partial charge in [0.2, 0.25) is 0 Å². The zero-order valence-corrected chi connectivity index (χ0v) is 13.5. The Balaban J connectivity index is 1.71. The van der Waals surface area contributed by atoms with Crippen LogP contribution < -0.4 is 5.32 Å². The zero-order chi connectivity index (χ0) is 16.2. The fourth-order valence-corrected chi connectivity index (χ4v) is 2.72. The van der Waals surface area contributed by atoms with Crippen molar-refractivity contribution in [3.8, 4) is 0 Å². The second-order valence-electron chi connectivity index (χ2n) is 5.60. The molecule has 0 aliphatic carbocycles. The van der Waals surface area contributed by atoms with Crippen LogP contribution in [0.15, 0.2) is 48.7 Å². The molecule has 0 saturated carbocycles. The van der Waals surface area contributed by atoms with E-state index in [0.717, 1.165) is 28.6 Å². The van der Waals surface area contributed by atoms with Crippen molar-refractivity contribution in [3.63, 3.8) is 0 Å². The molecule has 2 aromatic carbocycles. The van der Waals surface area contributed by atoms with Crippen LogP contribution in [0.5, 0.6) is 0 Å². The first-order chi connectivity index (χ1) is 11.1. The molecular weight excluding hydrogens is 313 g/mol. The molecule has 5 heteroatoms. The fraction of sp³-hybridized carbons (Fsp3) is 0.222. The number of hydrogen-bond acceptors (Lipinski definition) is 3. The van der Waals surface area contributed by atoms with Gasteiger partial charge in [0.25, 0.3) is 0 Å². The summed E-state index contributed by atoms with van der Waals surface area (Å²) in [5.74, 6) is 0.569. The fourth-order valence-electron chi connectivity index (χ4n) is 2.54. The van der Waals surface area contributed by atoms with Gasteiger partial charge >= 0.3 is 0 Å². The number of nitrogens with zero attached hydrogens (tertiary/aromatic N) is 2. The molecule has 0 amide bonds. The number of fused-ring (bicyclic) bond motifs is 1. The van der Waals surface area contributed by atoms with E-state index in [1.54, 1.807) is 12.3 Å². The lowest BCUT2D eigenvalue weighted by atomic mass is 10.1. The Morgan fingerprint density at radius 2 is 2.04 bits per heavy atom. The number of aromatic nitrogens is 2. The summed E-state index contributed by atoms with van der Waals surface area (Å²) in [4.78, 5) is 0. The van der Waals surface area contributed by atoms with Crippen LogP contribution >= 0.6 is 11.6 Å². The lowest BCUT2D eigenvalue weighted by molar-refractivity contribution is 0.596. The normalized spacial score (nSPS) is 12.3. The summed E-state index contributed by atoms with van der Waals surface area (Å²) in [5.41, 5.74) is 0.733. The number of benzene rings is 2. The van der Waals surface area contributed by atoms with Crippen LogP contribution in [0.3, 0.4) is 0 Å². The van der Waals surface area contributed by atoms with Crippen molar-refractivity contribution in [1.29, 1.82) is 0 Å². The Bertz CT molecular complexity index is 822. The van der Waals surface area contributed by atoms with Crippen LogP contribution in [0.2, 0.25) is 5.02 Å². The number of halogens is 2. The highest BCUT2D eigenvalue weighted by molar-refractivity contribution is 6.31. The monoisotopic (exact) mass is 329 g/mol. The molecule has 3 aromatic rings. The van der Waals surface area contributed by atoms with E-state index >= 15 is 0 Å². The van der Waals surface area contributed by atoms with E-state index in [0.29, 0.717) is 11.4 Å². The average Bonchev–Trinajstić information content (AvgIpc) is 2.54. The van der Waals surface area contributed by atoms with Crippen LogP contribution in [0.1, 0.15) is 18.9 Å². The molecule has 0 aliphatic rings. The summed E-state index contributed by atoms with van der Waals surface area (Å²) in [6.07, 6.45) is 3.16. The third-order valence-electron chi connectivity index (χ3n) is 3.81. The Hall–Kier alpha value is -2.20. The standard InChI is InChI=1S/C18H17ClFN3/c1-12(6-7-13-4-2-3-5-17(13)20)22-18-16-9-8-15(19)10-14(16)11-21-23-18/h2-5,8-12H,6-7H2,1H3,(H,22,23). The molecule has 1 N–H and O–H groups in total. The predicted molar refractivity (Wildman–Crippen MR) is 92.4 cm³/mol. The average molecular weight is 330 g/mol. The van der Waals surface area contributed by atoms with Gasteiger partial charge in [-0.2, -0.15) is 5.10 Å². The minimum Gasteiger partial charge on any atom is -0.366 e. The topological polar surface area (TPSA) is 37.8 Å². The van der Waals surface area contributed by atoms with Crippen molar-refractivity contribution < 1.29 is 4.39 Å².